The Morgan fingerprint density at radius 1 is 1.50 bits per heavy atom. The summed E-state index contributed by atoms with van der Waals surface area (Å²) < 4.78 is 17.6. The Morgan fingerprint density at radius 3 is 2.83 bits per heavy atom. The number of esters is 1. The predicted molar refractivity (Wildman–Crippen MR) is 68.0 cm³/mol. The van der Waals surface area contributed by atoms with Crippen LogP contribution in [0.4, 0.5) is 9.39 Å². The van der Waals surface area contributed by atoms with Gasteiger partial charge in [-0.3, -0.25) is 0 Å². The molecule has 2 rings (SSSR count). The van der Waals surface area contributed by atoms with E-state index in [4.69, 9.17) is 5.73 Å². The van der Waals surface area contributed by atoms with Gasteiger partial charge in [0.2, 0.25) is 0 Å². The van der Waals surface area contributed by atoms with E-state index in [2.05, 4.69) is 9.72 Å². The lowest BCUT2D eigenvalue weighted by atomic mass is 10.1. The van der Waals surface area contributed by atoms with Crippen LogP contribution in [0.3, 0.4) is 0 Å². The number of thiazole rings is 1. The molecule has 94 valence electrons. The van der Waals surface area contributed by atoms with E-state index in [-0.39, 0.29) is 11.5 Å². The van der Waals surface area contributed by atoms with Crippen LogP contribution in [0.15, 0.2) is 18.2 Å². The Morgan fingerprint density at radius 2 is 2.22 bits per heavy atom. The minimum absolute atomic E-state index is 0.0984. The molecule has 0 bridgehead atoms. The van der Waals surface area contributed by atoms with Crippen LogP contribution >= 0.6 is 11.3 Å². The molecule has 0 aliphatic heterocycles. The van der Waals surface area contributed by atoms with Crippen molar-refractivity contribution in [1.82, 2.24) is 4.98 Å². The van der Waals surface area contributed by atoms with Gasteiger partial charge < -0.3 is 10.5 Å². The first kappa shape index (κ1) is 12.5. The summed E-state index contributed by atoms with van der Waals surface area (Å²) in [6, 6.07) is 4.37. The van der Waals surface area contributed by atoms with Crippen molar-refractivity contribution in [2.75, 3.05) is 12.8 Å². The summed E-state index contributed by atoms with van der Waals surface area (Å²) in [5.41, 5.74) is 7.30. The number of hydrogen-bond donors (Lipinski definition) is 1. The van der Waals surface area contributed by atoms with Gasteiger partial charge in [0.1, 0.15) is 15.8 Å². The first-order valence-corrected chi connectivity index (χ1v) is 5.95. The van der Waals surface area contributed by atoms with Crippen LogP contribution in [-0.4, -0.2) is 18.1 Å². The number of carbonyl (C=O) groups is 1. The van der Waals surface area contributed by atoms with Gasteiger partial charge in [0, 0.05) is 5.56 Å². The van der Waals surface area contributed by atoms with Gasteiger partial charge in [0.15, 0.2) is 5.69 Å². The van der Waals surface area contributed by atoms with E-state index < -0.39 is 5.97 Å². The average molecular weight is 266 g/mol. The quantitative estimate of drug-likeness (QED) is 0.849. The topological polar surface area (TPSA) is 65.2 Å². The van der Waals surface area contributed by atoms with Crippen molar-refractivity contribution >= 4 is 22.3 Å². The van der Waals surface area contributed by atoms with Crippen LogP contribution in [0.25, 0.3) is 10.6 Å². The standard InChI is InChI=1S/C12H11FN2O2S/c1-6-5-7(13)3-4-8(6)11-15-9(10(14)18-11)12(16)17-2/h3-5H,14H2,1-2H3. The Bertz CT molecular complexity index is 610. The molecule has 0 amide bonds. The SMILES string of the molecule is COC(=O)c1nc(-c2ccc(F)cc2C)sc1N. The minimum Gasteiger partial charge on any atom is -0.464 e. The number of hydrogen-bond acceptors (Lipinski definition) is 5. The molecule has 0 unspecified atom stereocenters. The molecular weight excluding hydrogens is 255 g/mol. The van der Waals surface area contributed by atoms with Crippen molar-refractivity contribution in [2.24, 2.45) is 0 Å². The Labute approximate surface area is 107 Å². The Hall–Kier alpha value is -1.95. The minimum atomic E-state index is -0.574. The lowest BCUT2D eigenvalue weighted by Crippen LogP contribution is -2.04. The molecule has 0 aliphatic carbocycles. The second-order valence-electron chi connectivity index (χ2n) is 3.68. The molecule has 0 atom stereocenters. The summed E-state index contributed by atoms with van der Waals surface area (Å²) in [7, 11) is 1.27. The van der Waals surface area contributed by atoms with E-state index in [9.17, 15) is 9.18 Å². The van der Waals surface area contributed by atoms with Crippen LogP contribution in [0, 0.1) is 12.7 Å². The zero-order valence-corrected chi connectivity index (χ0v) is 10.7. The number of nitrogens with two attached hydrogens (primary N) is 1. The fourth-order valence-electron chi connectivity index (χ4n) is 1.56. The molecule has 0 fully saturated rings. The lowest BCUT2D eigenvalue weighted by Gasteiger charge is -2.01. The fourth-order valence-corrected chi connectivity index (χ4v) is 2.47. The second-order valence-corrected chi connectivity index (χ2v) is 4.71. The van der Waals surface area contributed by atoms with Crippen LogP contribution in [0.1, 0.15) is 16.1 Å². The van der Waals surface area contributed by atoms with Crippen molar-refractivity contribution in [3.05, 3.63) is 35.3 Å². The van der Waals surface area contributed by atoms with Crippen LogP contribution < -0.4 is 5.73 Å². The molecule has 0 saturated carbocycles. The number of carbonyl (C=O) groups excluding carboxylic acids is 1. The molecule has 18 heavy (non-hydrogen) atoms. The van der Waals surface area contributed by atoms with Crippen LogP contribution in [0.2, 0.25) is 0 Å². The molecule has 0 saturated heterocycles. The van der Waals surface area contributed by atoms with Crippen LogP contribution in [0.5, 0.6) is 0 Å². The molecule has 1 aromatic heterocycles. The highest BCUT2D eigenvalue weighted by Gasteiger charge is 2.18. The van der Waals surface area contributed by atoms with E-state index in [0.717, 1.165) is 11.1 Å². The number of aromatic nitrogens is 1. The first-order valence-electron chi connectivity index (χ1n) is 5.14. The van der Waals surface area contributed by atoms with E-state index in [0.29, 0.717) is 10.0 Å². The zero-order chi connectivity index (χ0) is 13.3. The van der Waals surface area contributed by atoms with Gasteiger partial charge >= 0.3 is 5.97 Å². The molecule has 6 heteroatoms. The third-order valence-corrected chi connectivity index (χ3v) is 3.37. The lowest BCUT2D eigenvalue weighted by molar-refractivity contribution is 0.0596. The molecule has 4 nitrogen and oxygen atoms in total. The van der Waals surface area contributed by atoms with Gasteiger partial charge in [-0.1, -0.05) is 11.3 Å². The maximum absolute atomic E-state index is 13.0. The Balaban J connectivity index is 2.49. The van der Waals surface area contributed by atoms with Crippen molar-refractivity contribution in [2.45, 2.75) is 6.92 Å². The number of rotatable bonds is 2. The number of benzene rings is 1. The molecule has 1 aromatic carbocycles. The molecule has 2 N–H and O–H groups in total. The number of aryl methyl sites for hydroxylation is 1. The largest absolute Gasteiger partial charge is 0.464 e. The van der Waals surface area contributed by atoms with Gasteiger partial charge in [0.25, 0.3) is 0 Å². The fraction of sp³-hybridized carbons (Fsp3) is 0.167. The number of nitrogen functional groups attached to an aromatic ring is 1. The second kappa shape index (κ2) is 4.73. The smallest absolute Gasteiger partial charge is 0.359 e. The van der Waals surface area contributed by atoms with Gasteiger partial charge in [-0.15, -0.1) is 0 Å². The number of ether oxygens (including phenoxy) is 1. The highest BCUT2D eigenvalue weighted by Crippen LogP contribution is 2.32. The van der Waals surface area contributed by atoms with Gasteiger partial charge in [-0.05, 0) is 30.7 Å². The van der Waals surface area contributed by atoms with Gasteiger partial charge in [-0.2, -0.15) is 0 Å². The first-order chi connectivity index (χ1) is 8.52. The predicted octanol–water partition coefficient (Wildman–Crippen LogP) is 2.63. The number of nitrogens with zero attached hydrogens (tertiary/aromatic N) is 1. The third-order valence-electron chi connectivity index (χ3n) is 2.45. The maximum Gasteiger partial charge on any atom is 0.359 e. The summed E-state index contributed by atoms with van der Waals surface area (Å²) in [6.45, 7) is 1.77. The van der Waals surface area contributed by atoms with Crippen molar-refractivity contribution < 1.29 is 13.9 Å². The molecule has 0 aliphatic rings. The summed E-state index contributed by atoms with van der Waals surface area (Å²) in [5.74, 6) is -0.885. The van der Waals surface area contributed by atoms with Crippen molar-refractivity contribution in [3.8, 4) is 10.6 Å². The summed E-state index contributed by atoms with van der Waals surface area (Å²) in [4.78, 5) is 15.5. The third kappa shape index (κ3) is 2.19. The van der Waals surface area contributed by atoms with E-state index in [1.165, 1.54) is 30.6 Å². The van der Waals surface area contributed by atoms with E-state index in [1.807, 2.05) is 0 Å². The molecular formula is C12H11FN2O2S. The molecule has 2 aromatic rings. The summed E-state index contributed by atoms with van der Waals surface area (Å²) in [6.07, 6.45) is 0. The average Bonchev–Trinajstić information content (AvgIpc) is 2.70. The summed E-state index contributed by atoms with van der Waals surface area (Å²) in [5, 5.41) is 0.867. The number of anilines is 1. The highest BCUT2D eigenvalue weighted by atomic mass is 32.1. The molecule has 0 radical (unpaired) electrons. The van der Waals surface area contributed by atoms with E-state index in [1.54, 1.807) is 13.0 Å². The molecule has 0 spiro atoms. The number of halogens is 1. The molecule has 1 heterocycles. The van der Waals surface area contributed by atoms with Crippen LogP contribution in [-0.2, 0) is 4.74 Å². The van der Waals surface area contributed by atoms with Crippen molar-refractivity contribution in [1.29, 1.82) is 0 Å². The van der Waals surface area contributed by atoms with E-state index >= 15 is 0 Å². The maximum atomic E-state index is 13.0. The number of methoxy groups -OCH3 is 1. The monoisotopic (exact) mass is 266 g/mol. The summed E-state index contributed by atoms with van der Waals surface area (Å²) >= 11 is 1.17. The normalized spacial score (nSPS) is 10.4. The van der Waals surface area contributed by atoms with Crippen molar-refractivity contribution in [3.63, 3.8) is 0 Å². The van der Waals surface area contributed by atoms with Gasteiger partial charge in [0.05, 0.1) is 7.11 Å². The Kier molecular flexibility index (Phi) is 3.29. The zero-order valence-electron chi connectivity index (χ0n) is 9.86. The van der Waals surface area contributed by atoms with Gasteiger partial charge in [-0.25, -0.2) is 14.2 Å². The highest BCUT2D eigenvalue weighted by molar-refractivity contribution is 7.19.